The van der Waals surface area contributed by atoms with E-state index in [1.165, 1.54) is 6.07 Å². The molecule has 1 heterocycles. The average molecular weight is 245 g/mol. The van der Waals surface area contributed by atoms with Gasteiger partial charge in [-0.25, -0.2) is 0 Å². The standard InChI is InChI=1S/C12H14F3NO/c1-8-6-16-7-11(17-8)9-3-2-4-10(5-9)12(13,14)15/h2-5,8,11,16H,6-7H2,1H3/t8-,11-/m1/s1. The zero-order valence-corrected chi connectivity index (χ0v) is 9.42. The van der Waals surface area contributed by atoms with E-state index in [9.17, 15) is 13.2 Å². The number of hydrogen-bond donors (Lipinski definition) is 1. The highest BCUT2D eigenvalue weighted by Gasteiger charge is 2.31. The van der Waals surface area contributed by atoms with Crippen molar-refractivity contribution >= 4 is 0 Å². The second-order valence-corrected chi connectivity index (χ2v) is 4.22. The lowest BCUT2D eigenvalue weighted by atomic mass is 10.0. The molecule has 2 nitrogen and oxygen atoms in total. The van der Waals surface area contributed by atoms with Gasteiger partial charge in [-0.1, -0.05) is 12.1 Å². The van der Waals surface area contributed by atoms with E-state index in [1.54, 1.807) is 6.07 Å². The van der Waals surface area contributed by atoms with Crippen LogP contribution < -0.4 is 5.32 Å². The van der Waals surface area contributed by atoms with E-state index in [1.807, 2.05) is 6.92 Å². The Hall–Kier alpha value is -1.07. The largest absolute Gasteiger partial charge is 0.416 e. The summed E-state index contributed by atoms with van der Waals surface area (Å²) in [5, 5.41) is 3.14. The Labute approximate surface area is 97.8 Å². The first-order valence-corrected chi connectivity index (χ1v) is 5.50. The molecule has 0 radical (unpaired) electrons. The van der Waals surface area contributed by atoms with Crippen LogP contribution in [-0.4, -0.2) is 19.2 Å². The van der Waals surface area contributed by atoms with Crippen molar-refractivity contribution in [3.8, 4) is 0 Å². The summed E-state index contributed by atoms with van der Waals surface area (Å²) in [6.45, 7) is 3.17. The summed E-state index contributed by atoms with van der Waals surface area (Å²) in [4.78, 5) is 0. The molecule has 1 fully saturated rings. The summed E-state index contributed by atoms with van der Waals surface area (Å²) in [6, 6.07) is 5.31. The van der Waals surface area contributed by atoms with Crippen LogP contribution in [0.3, 0.4) is 0 Å². The van der Waals surface area contributed by atoms with Crippen molar-refractivity contribution in [2.24, 2.45) is 0 Å². The number of morpholine rings is 1. The monoisotopic (exact) mass is 245 g/mol. The Morgan fingerprint density at radius 1 is 1.29 bits per heavy atom. The van der Waals surface area contributed by atoms with E-state index in [0.717, 1.165) is 18.7 Å². The van der Waals surface area contributed by atoms with Crippen LogP contribution in [0.15, 0.2) is 24.3 Å². The van der Waals surface area contributed by atoms with Crippen LogP contribution in [0.25, 0.3) is 0 Å². The lowest BCUT2D eigenvalue weighted by Gasteiger charge is -2.29. The van der Waals surface area contributed by atoms with E-state index < -0.39 is 11.7 Å². The van der Waals surface area contributed by atoms with Gasteiger partial charge in [0.05, 0.1) is 17.8 Å². The first-order valence-electron chi connectivity index (χ1n) is 5.50. The fraction of sp³-hybridized carbons (Fsp3) is 0.500. The number of alkyl halides is 3. The van der Waals surface area contributed by atoms with Gasteiger partial charge in [0.1, 0.15) is 0 Å². The van der Waals surface area contributed by atoms with Crippen molar-refractivity contribution in [2.45, 2.75) is 25.3 Å². The van der Waals surface area contributed by atoms with Crippen molar-refractivity contribution in [1.82, 2.24) is 5.32 Å². The van der Waals surface area contributed by atoms with Crippen LogP contribution in [0.2, 0.25) is 0 Å². The third-order valence-electron chi connectivity index (χ3n) is 2.74. The first-order chi connectivity index (χ1) is 7.97. The molecule has 1 aliphatic rings. The molecule has 0 unspecified atom stereocenters. The maximum atomic E-state index is 12.6. The molecule has 0 aliphatic carbocycles. The van der Waals surface area contributed by atoms with Gasteiger partial charge in [0.25, 0.3) is 0 Å². The zero-order valence-electron chi connectivity index (χ0n) is 9.42. The van der Waals surface area contributed by atoms with Crippen LogP contribution in [-0.2, 0) is 10.9 Å². The van der Waals surface area contributed by atoms with Gasteiger partial charge in [0, 0.05) is 13.1 Å². The Morgan fingerprint density at radius 3 is 2.71 bits per heavy atom. The highest BCUT2D eigenvalue weighted by molar-refractivity contribution is 5.27. The number of hydrogen-bond acceptors (Lipinski definition) is 2. The number of halogens is 3. The van der Waals surface area contributed by atoms with Crippen LogP contribution in [0.4, 0.5) is 13.2 Å². The summed E-state index contributed by atoms with van der Waals surface area (Å²) in [5.74, 6) is 0. The molecule has 2 rings (SSSR count). The number of rotatable bonds is 1. The lowest BCUT2D eigenvalue weighted by Crippen LogP contribution is -2.38. The minimum Gasteiger partial charge on any atom is -0.368 e. The molecule has 1 aliphatic heterocycles. The highest BCUT2D eigenvalue weighted by atomic mass is 19.4. The van der Waals surface area contributed by atoms with Gasteiger partial charge in [0.2, 0.25) is 0 Å². The fourth-order valence-electron chi connectivity index (χ4n) is 1.91. The van der Waals surface area contributed by atoms with Crippen molar-refractivity contribution in [3.63, 3.8) is 0 Å². The first kappa shape index (κ1) is 12.4. The minimum absolute atomic E-state index is 0.0169. The predicted molar refractivity (Wildman–Crippen MR) is 57.6 cm³/mol. The maximum Gasteiger partial charge on any atom is 0.416 e. The van der Waals surface area contributed by atoms with Crippen LogP contribution in [0, 0.1) is 0 Å². The molecule has 1 N–H and O–H groups in total. The number of ether oxygens (including phenoxy) is 1. The summed E-state index contributed by atoms with van der Waals surface area (Å²) < 4.78 is 43.3. The van der Waals surface area contributed by atoms with E-state index in [4.69, 9.17) is 4.74 Å². The van der Waals surface area contributed by atoms with Crippen LogP contribution in [0.1, 0.15) is 24.2 Å². The van der Waals surface area contributed by atoms with E-state index in [-0.39, 0.29) is 12.2 Å². The molecular formula is C12H14F3NO. The van der Waals surface area contributed by atoms with Gasteiger partial charge in [-0.05, 0) is 24.6 Å². The summed E-state index contributed by atoms with van der Waals surface area (Å²) >= 11 is 0. The molecular weight excluding hydrogens is 231 g/mol. The van der Waals surface area contributed by atoms with Crippen molar-refractivity contribution in [1.29, 1.82) is 0 Å². The molecule has 0 aromatic heterocycles. The molecule has 2 atom stereocenters. The van der Waals surface area contributed by atoms with E-state index in [2.05, 4.69) is 5.32 Å². The Morgan fingerprint density at radius 2 is 2.06 bits per heavy atom. The van der Waals surface area contributed by atoms with Gasteiger partial charge in [-0.3, -0.25) is 0 Å². The van der Waals surface area contributed by atoms with Gasteiger partial charge < -0.3 is 10.1 Å². The highest BCUT2D eigenvalue weighted by Crippen LogP contribution is 2.31. The predicted octanol–water partition coefficient (Wildman–Crippen LogP) is 2.75. The SMILES string of the molecule is C[C@@H]1CNC[C@H](c2cccc(C(F)(F)F)c2)O1. The second kappa shape index (κ2) is 4.66. The molecule has 5 heteroatoms. The van der Waals surface area contributed by atoms with Crippen molar-refractivity contribution < 1.29 is 17.9 Å². The molecule has 17 heavy (non-hydrogen) atoms. The van der Waals surface area contributed by atoms with Gasteiger partial charge in [-0.2, -0.15) is 13.2 Å². The topological polar surface area (TPSA) is 21.3 Å². The molecule has 0 spiro atoms. The number of benzene rings is 1. The van der Waals surface area contributed by atoms with Crippen LogP contribution >= 0.6 is 0 Å². The van der Waals surface area contributed by atoms with Crippen LogP contribution in [0.5, 0.6) is 0 Å². The third kappa shape index (κ3) is 2.98. The third-order valence-corrected chi connectivity index (χ3v) is 2.74. The second-order valence-electron chi connectivity index (χ2n) is 4.22. The summed E-state index contributed by atoms with van der Waals surface area (Å²) in [6.07, 6.45) is -4.59. The van der Waals surface area contributed by atoms with Gasteiger partial charge in [-0.15, -0.1) is 0 Å². The minimum atomic E-state index is -4.30. The zero-order chi connectivity index (χ0) is 12.5. The molecule has 0 amide bonds. The van der Waals surface area contributed by atoms with E-state index in [0.29, 0.717) is 12.1 Å². The molecule has 0 saturated carbocycles. The average Bonchev–Trinajstić information content (AvgIpc) is 2.28. The maximum absolute atomic E-state index is 12.6. The van der Waals surface area contributed by atoms with Crippen molar-refractivity contribution in [3.05, 3.63) is 35.4 Å². The molecule has 0 bridgehead atoms. The molecule has 94 valence electrons. The normalized spacial score (nSPS) is 25.9. The Kier molecular flexibility index (Phi) is 3.40. The Bertz CT molecular complexity index is 392. The number of nitrogens with one attached hydrogen (secondary N) is 1. The fourth-order valence-corrected chi connectivity index (χ4v) is 1.91. The van der Waals surface area contributed by atoms with Gasteiger partial charge in [0.15, 0.2) is 0 Å². The summed E-state index contributed by atoms with van der Waals surface area (Å²) in [7, 11) is 0. The Balaban J connectivity index is 2.21. The lowest BCUT2D eigenvalue weighted by molar-refractivity contribution is -0.137. The van der Waals surface area contributed by atoms with Crippen molar-refractivity contribution in [2.75, 3.05) is 13.1 Å². The summed E-state index contributed by atoms with van der Waals surface area (Å²) in [5.41, 5.74) is -0.0595. The molecule has 1 saturated heterocycles. The molecule has 1 aromatic rings. The van der Waals surface area contributed by atoms with E-state index >= 15 is 0 Å². The molecule has 1 aromatic carbocycles. The smallest absolute Gasteiger partial charge is 0.368 e. The van der Waals surface area contributed by atoms with Gasteiger partial charge >= 0.3 is 6.18 Å². The quantitative estimate of drug-likeness (QED) is 0.821.